The van der Waals surface area contributed by atoms with E-state index in [2.05, 4.69) is 4.98 Å². The number of nitrogens with zero attached hydrogens (tertiary/aromatic N) is 1. The fourth-order valence-corrected chi connectivity index (χ4v) is 1.91. The van der Waals surface area contributed by atoms with Crippen molar-refractivity contribution in [2.75, 3.05) is 14.2 Å². The maximum Gasteiger partial charge on any atom is 0.213 e. The van der Waals surface area contributed by atoms with Gasteiger partial charge in [-0.2, -0.15) is 0 Å². The molecule has 1 aromatic heterocycles. The number of benzene rings is 1. The molecule has 4 heteroatoms. The summed E-state index contributed by atoms with van der Waals surface area (Å²) in [5, 5.41) is 10.2. The molecule has 1 unspecified atom stereocenters. The predicted molar refractivity (Wildman–Crippen MR) is 72.4 cm³/mol. The average Bonchev–Trinajstić information content (AvgIpc) is 2.47. The van der Waals surface area contributed by atoms with E-state index in [1.54, 1.807) is 26.4 Å². The Morgan fingerprint density at radius 2 is 1.84 bits per heavy atom. The van der Waals surface area contributed by atoms with Crippen LogP contribution in [0.4, 0.5) is 0 Å². The Hall–Kier alpha value is -2.07. The van der Waals surface area contributed by atoms with E-state index in [0.29, 0.717) is 18.0 Å². The zero-order valence-electron chi connectivity index (χ0n) is 11.0. The fourth-order valence-electron chi connectivity index (χ4n) is 1.91. The van der Waals surface area contributed by atoms with Crippen LogP contribution in [0, 0.1) is 0 Å². The molecule has 1 N–H and O–H groups in total. The summed E-state index contributed by atoms with van der Waals surface area (Å²) in [4.78, 5) is 4.23. The van der Waals surface area contributed by atoms with Crippen LogP contribution in [0.1, 0.15) is 17.4 Å². The molecule has 100 valence electrons. The zero-order valence-corrected chi connectivity index (χ0v) is 11.0. The van der Waals surface area contributed by atoms with Gasteiger partial charge in [-0.1, -0.05) is 24.3 Å². The molecule has 4 nitrogen and oxygen atoms in total. The quantitative estimate of drug-likeness (QED) is 0.895. The van der Waals surface area contributed by atoms with Gasteiger partial charge in [0, 0.05) is 12.5 Å². The number of pyridine rings is 1. The maximum absolute atomic E-state index is 10.2. The Morgan fingerprint density at radius 3 is 2.58 bits per heavy atom. The van der Waals surface area contributed by atoms with Crippen molar-refractivity contribution in [2.45, 2.75) is 12.5 Å². The monoisotopic (exact) mass is 259 g/mol. The molecule has 0 bridgehead atoms. The van der Waals surface area contributed by atoms with Crippen molar-refractivity contribution in [3.8, 4) is 11.6 Å². The third-order valence-corrected chi connectivity index (χ3v) is 2.90. The highest BCUT2D eigenvalue weighted by Gasteiger charge is 2.13. The van der Waals surface area contributed by atoms with Crippen LogP contribution in [0.25, 0.3) is 0 Å². The highest BCUT2D eigenvalue weighted by atomic mass is 16.5. The summed E-state index contributed by atoms with van der Waals surface area (Å²) in [6, 6.07) is 13.0. The van der Waals surface area contributed by atoms with Crippen LogP contribution in [-0.2, 0) is 6.42 Å². The average molecular weight is 259 g/mol. The van der Waals surface area contributed by atoms with Crippen molar-refractivity contribution >= 4 is 0 Å². The third kappa shape index (κ3) is 3.23. The van der Waals surface area contributed by atoms with Crippen LogP contribution >= 0.6 is 0 Å². The normalized spacial score (nSPS) is 11.9. The highest BCUT2D eigenvalue weighted by molar-refractivity contribution is 5.34. The van der Waals surface area contributed by atoms with Crippen molar-refractivity contribution in [1.82, 2.24) is 4.98 Å². The lowest BCUT2D eigenvalue weighted by atomic mass is 10.0. The molecule has 2 rings (SSSR count). The van der Waals surface area contributed by atoms with Gasteiger partial charge in [-0.3, -0.25) is 0 Å². The van der Waals surface area contributed by atoms with Gasteiger partial charge in [0.25, 0.3) is 0 Å². The summed E-state index contributed by atoms with van der Waals surface area (Å²) >= 11 is 0. The first kappa shape index (κ1) is 13.4. The Kier molecular flexibility index (Phi) is 4.36. The number of methoxy groups -OCH3 is 2. The van der Waals surface area contributed by atoms with E-state index < -0.39 is 6.10 Å². The second-order valence-corrected chi connectivity index (χ2v) is 4.14. The molecule has 1 atom stereocenters. The third-order valence-electron chi connectivity index (χ3n) is 2.90. The van der Waals surface area contributed by atoms with Gasteiger partial charge in [-0.25, -0.2) is 4.98 Å². The number of hydrogen-bond acceptors (Lipinski definition) is 4. The Labute approximate surface area is 112 Å². The van der Waals surface area contributed by atoms with Gasteiger partial charge in [0.05, 0.1) is 19.9 Å². The predicted octanol–water partition coefficient (Wildman–Crippen LogP) is 2.37. The Bertz CT molecular complexity index is 542. The van der Waals surface area contributed by atoms with Crippen LogP contribution < -0.4 is 9.47 Å². The van der Waals surface area contributed by atoms with Crippen LogP contribution in [0.15, 0.2) is 42.5 Å². The molecular formula is C15H17NO3. The first-order valence-electron chi connectivity index (χ1n) is 6.05. The summed E-state index contributed by atoms with van der Waals surface area (Å²) in [5.74, 6) is 1.26. The molecule has 1 aromatic carbocycles. The molecule has 0 saturated carbocycles. The second kappa shape index (κ2) is 6.20. The number of hydrogen-bond donors (Lipinski definition) is 1. The number of ether oxygens (including phenoxy) is 2. The molecule has 0 radical (unpaired) electrons. The van der Waals surface area contributed by atoms with Gasteiger partial charge in [0.15, 0.2) is 0 Å². The second-order valence-electron chi connectivity index (χ2n) is 4.14. The molecule has 2 aromatic rings. The minimum Gasteiger partial charge on any atom is -0.496 e. The number of aromatic nitrogens is 1. The van der Waals surface area contributed by atoms with Gasteiger partial charge in [0.2, 0.25) is 5.88 Å². The van der Waals surface area contributed by atoms with Crippen LogP contribution in [-0.4, -0.2) is 24.3 Å². The SMILES string of the molecule is COc1cccc(C(O)Cc2ccccc2OC)n1. The van der Waals surface area contributed by atoms with Crippen molar-refractivity contribution < 1.29 is 14.6 Å². The summed E-state index contributed by atoms with van der Waals surface area (Å²) in [5.41, 5.74) is 1.53. The summed E-state index contributed by atoms with van der Waals surface area (Å²) in [6.07, 6.45) is -0.240. The van der Waals surface area contributed by atoms with Crippen molar-refractivity contribution in [3.05, 3.63) is 53.7 Å². The lowest BCUT2D eigenvalue weighted by Crippen LogP contribution is -2.06. The molecular weight excluding hydrogens is 242 g/mol. The van der Waals surface area contributed by atoms with Gasteiger partial charge in [-0.05, 0) is 17.7 Å². The topological polar surface area (TPSA) is 51.6 Å². The largest absolute Gasteiger partial charge is 0.496 e. The first-order chi connectivity index (χ1) is 9.24. The van der Waals surface area contributed by atoms with E-state index in [4.69, 9.17) is 9.47 Å². The molecule has 0 amide bonds. The first-order valence-corrected chi connectivity index (χ1v) is 6.05. The molecule has 0 aliphatic carbocycles. The van der Waals surface area contributed by atoms with Gasteiger partial charge in [-0.15, -0.1) is 0 Å². The van der Waals surface area contributed by atoms with E-state index in [1.165, 1.54) is 0 Å². The molecule has 0 saturated heterocycles. The molecule has 0 fully saturated rings. The van der Waals surface area contributed by atoms with Crippen molar-refractivity contribution in [3.63, 3.8) is 0 Å². The van der Waals surface area contributed by atoms with E-state index in [0.717, 1.165) is 11.3 Å². The molecule has 0 spiro atoms. The van der Waals surface area contributed by atoms with E-state index in [9.17, 15) is 5.11 Å². The number of aliphatic hydroxyl groups is 1. The summed E-state index contributed by atoms with van der Waals surface area (Å²) in [6.45, 7) is 0. The highest BCUT2D eigenvalue weighted by Crippen LogP contribution is 2.24. The van der Waals surface area contributed by atoms with Gasteiger partial charge < -0.3 is 14.6 Å². The lowest BCUT2D eigenvalue weighted by molar-refractivity contribution is 0.171. The van der Waals surface area contributed by atoms with Crippen LogP contribution in [0.3, 0.4) is 0 Å². The van der Waals surface area contributed by atoms with Crippen molar-refractivity contribution in [1.29, 1.82) is 0 Å². The maximum atomic E-state index is 10.2. The minimum atomic E-state index is -0.689. The smallest absolute Gasteiger partial charge is 0.213 e. The minimum absolute atomic E-state index is 0.449. The fraction of sp³-hybridized carbons (Fsp3) is 0.267. The van der Waals surface area contributed by atoms with Gasteiger partial charge >= 0.3 is 0 Å². The van der Waals surface area contributed by atoms with E-state index >= 15 is 0 Å². The molecule has 19 heavy (non-hydrogen) atoms. The Morgan fingerprint density at radius 1 is 1.05 bits per heavy atom. The zero-order chi connectivity index (χ0) is 13.7. The molecule has 0 aliphatic heterocycles. The Balaban J connectivity index is 2.18. The van der Waals surface area contributed by atoms with Gasteiger partial charge in [0.1, 0.15) is 11.9 Å². The summed E-state index contributed by atoms with van der Waals surface area (Å²) in [7, 11) is 3.17. The lowest BCUT2D eigenvalue weighted by Gasteiger charge is -2.13. The number of rotatable bonds is 5. The molecule has 1 heterocycles. The van der Waals surface area contributed by atoms with Crippen LogP contribution in [0.2, 0.25) is 0 Å². The number of para-hydroxylation sites is 1. The summed E-state index contributed by atoms with van der Waals surface area (Å²) < 4.78 is 10.3. The van der Waals surface area contributed by atoms with E-state index in [-0.39, 0.29) is 0 Å². The van der Waals surface area contributed by atoms with Crippen molar-refractivity contribution in [2.24, 2.45) is 0 Å². The number of aliphatic hydroxyl groups excluding tert-OH is 1. The standard InChI is InChI=1S/C15H17NO3/c1-18-14-8-4-3-6-11(14)10-13(17)12-7-5-9-15(16-12)19-2/h3-9,13,17H,10H2,1-2H3. The molecule has 0 aliphatic rings. The van der Waals surface area contributed by atoms with Crippen LogP contribution in [0.5, 0.6) is 11.6 Å². The van der Waals surface area contributed by atoms with E-state index in [1.807, 2.05) is 30.3 Å².